The second-order valence-corrected chi connectivity index (χ2v) is 9.83. The van der Waals surface area contributed by atoms with Crippen LogP contribution in [0.5, 0.6) is 0 Å². The van der Waals surface area contributed by atoms with E-state index in [0.717, 1.165) is 30.5 Å². The monoisotopic (exact) mass is 448 g/mol. The normalized spacial score (nSPS) is 21.3. The first-order valence-electron chi connectivity index (χ1n) is 11.2. The summed E-state index contributed by atoms with van der Waals surface area (Å²) in [5, 5.41) is 1.21. The van der Waals surface area contributed by atoms with Crippen LogP contribution in [0, 0.1) is 6.92 Å². The van der Waals surface area contributed by atoms with Crippen molar-refractivity contribution in [2.24, 2.45) is 0 Å². The lowest BCUT2D eigenvalue weighted by molar-refractivity contribution is -0.143. The number of pyridine rings is 1. The standard InChI is InChI=1S/C25H28N4O2S/c1-16-5-6-21-20(12-16)23(18-7-9-26-10-8-18)24(27-21)19-4-3-11-28(13-19)25(31)22-14-32-15-29(22)17(2)30/h5-10,12,19,22,27H,3-4,11,13-15H2,1-2H3/t19-,22-/m0/s1. The molecule has 1 aromatic carbocycles. The summed E-state index contributed by atoms with van der Waals surface area (Å²) >= 11 is 1.66. The summed E-state index contributed by atoms with van der Waals surface area (Å²) in [6, 6.07) is 10.3. The van der Waals surface area contributed by atoms with Gasteiger partial charge in [-0.15, -0.1) is 11.8 Å². The number of amides is 2. The number of hydrogen-bond donors (Lipinski definition) is 1. The molecule has 2 aromatic heterocycles. The molecule has 2 fully saturated rings. The van der Waals surface area contributed by atoms with Gasteiger partial charge >= 0.3 is 0 Å². The molecule has 7 heteroatoms. The molecule has 1 N–H and O–H groups in total. The second-order valence-electron chi connectivity index (χ2n) is 8.83. The molecule has 2 aliphatic heterocycles. The van der Waals surface area contributed by atoms with Gasteiger partial charge in [0.05, 0.1) is 5.88 Å². The molecule has 166 valence electrons. The summed E-state index contributed by atoms with van der Waals surface area (Å²) in [6.45, 7) is 5.10. The Morgan fingerprint density at radius 3 is 2.78 bits per heavy atom. The van der Waals surface area contributed by atoms with Crippen molar-refractivity contribution in [3.05, 3.63) is 54.0 Å². The first-order chi connectivity index (χ1) is 15.5. The lowest BCUT2D eigenvalue weighted by Gasteiger charge is -2.36. The van der Waals surface area contributed by atoms with Crippen molar-refractivity contribution in [1.82, 2.24) is 19.8 Å². The predicted molar refractivity (Wildman–Crippen MR) is 128 cm³/mol. The number of rotatable bonds is 3. The molecule has 2 atom stereocenters. The van der Waals surface area contributed by atoms with E-state index in [1.54, 1.807) is 23.6 Å². The number of nitrogens with zero attached hydrogens (tertiary/aromatic N) is 3. The van der Waals surface area contributed by atoms with Crippen molar-refractivity contribution in [2.75, 3.05) is 24.7 Å². The maximum Gasteiger partial charge on any atom is 0.246 e. The number of aryl methyl sites for hydroxylation is 1. The molecule has 0 radical (unpaired) electrons. The van der Waals surface area contributed by atoms with Crippen LogP contribution in [0.2, 0.25) is 0 Å². The molecule has 0 bridgehead atoms. The number of carbonyl (C=O) groups excluding carboxylic acids is 2. The van der Waals surface area contributed by atoms with Crippen molar-refractivity contribution < 1.29 is 9.59 Å². The minimum atomic E-state index is -0.332. The zero-order valence-electron chi connectivity index (χ0n) is 18.5. The van der Waals surface area contributed by atoms with E-state index in [4.69, 9.17) is 0 Å². The number of fused-ring (bicyclic) bond motifs is 1. The first kappa shape index (κ1) is 21.1. The highest BCUT2D eigenvalue weighted by Crippen LogP contribution is 2.39. The predicted octanol–water partition coefficient (Wildman–Crippen LogP) is 4.17. The van der Waals surface area contributed by atoms with Gasteiger partial charge in [-0.3, -0.25) is 14.6 Å². The Balaban J connectivity index is 1.49. The van der Waals surface area contributed by atoms with Crippen molar-refractivity contribution in [1.29, 1.82) is 0 Å². The van der Waals surface area contributed by atoms with E-state index in [9.17, 15) is 9.59 Å². The molecular formula is C25H28N4O2S. The van der Waals surface area contributed by atoms with Crippen molar-refractivity contribution >= 4 is 34.5 Å². The van der Waals surface area contributed by atoms with Crippen LogP contribution in [0.25, 0.3) is 22.0 Å². The Morgan fingerprint density at radius 1 is 1.19 bits per heavy atom. The highest BCUT2D eigenvalue weighted by Gasteiger charge is 2.38. The van der Waals surface area contributed by atoms with Crippen molar-refractivity contribution in [3.8, 4) is 11.1 Å². The number of thioether (sulfide) groups is 1. The Kier molecular flexibility index (Phi) is 5.67. The Morgan fingerprint density at radius 2 is 2.00 bits per heavy atom. The largest absolute Gasteiger partial charge is 0.358 e. The fourth-order valence-corrected chi connectivity index (χ4v) is 6.25. The maximum absolute atomic E-state index is 13.4. The van der Waals surface area contributed by atoms with E-state index in [1.165, 1.54) is 22.2 Å². The summed E-state index contributed by atoms with van der Waals surface area (Å²) in [5.41, 5.74) is 5.90. The minimum absolute atomic E-state index is 0.0205. The summed E-state index contributed by atoms with van der Waals surface area (Å²) in [7, 11) is 0. The van der Waals surface area contributed by atoms with Gasteiger partial charge in [-0.2, -0.15) is 0 Å². The molecule has 2 aliphatic rings. The van der Waals surface area contributed by atoms with Crippen LogP contribution in [0.1, 0.15) is 36.9 Å². The van der Waals surface area contributed by atoms with Crippen molar-refractivity contribution in [2.45, 2.75) is 38.6 Å². The highest BCUT2D eigenvalue weighted by atomic mass is 32.2. The number of H-pyrrole nitrogens is 1. The van der Waals surface area contributed by atoms with E-state index in [1.807, 2.05) is 17.3 Å². The Labute approximate surface area is 192 Å². The number of aromatic nitrogens is 2. The van der Waals surface area contributed by atoms with Crippen molar-refractivity contribution in [3.63, 3.8) is 0 Å². The van der Waals surface area contributed by atoms with Crippen LogP contribution < -0.4 is 0 Å². The third-order valence-corrected chi connectivity index (χ3v) is 7.68. The van der Waals surface area contributed by atoms with Gasteiger partial charge in [-0.05, 0) is 49.6 Å². The number of carbonyl (C=O) groups is 2. The first-order valence-corrected chi connectivity index (χ1v) is 12.3. The number of hydrogen-bond acceptors (Lipinski definition) is 4. The van der Waals surface area contributed by atoms with Gasteiger partial charge in [0.1, 0.15) is 6.04 Å². The quantitative estimate of drug-likeness (QED) is 0.653. The SMILES string of the molecule is CC(=O)N1CSC[C@H]1C(=O)N1CCC[C@H](c2[nH]c3ccc(C)cc3c2-c2ccncc2)C1. The number of likely N-dealkylation sites (tertiary alicyclic amines) is 1. The molecule has 2 saturated heterocycles. The topological polar surface area (TPSA) is 69.3 Å². The van der Waals surface area contributed by atoms with Gasteiger partial charge in [-0.25, -0.2) is 0 Å². The van der Waals surface area contributed by atoms with E-state index in [-0.39, 0.29) is 23.8 Å². The minimum Gasteiger partial charge on any atom is -0.358 e. The fraction of sp³-hybridized carbons (Fsp3) is 0.400. The molecule has 2 amide bonds. The Hall–Kier alpha value is -2.80. The molecule has 5 rings (SSSR count). The highest BCUT2D eigenvalue weighted by molar-refractivity contribution is 7.99. The second kappa shape index (κ2) is 8.62. The molecule has 4 heterocycles. The lowest BCUT2D eigenvalue weighted by atomic mass is 9.89. The molecule has 3 aromatic rings. The average Bonchev–Trinajstić information content (AvgIpc) is 3.44. The van der Waals surface area contributed by atoms with E-state index in [0.29, 0.717) is 18.2 Å². The van der Waals surface area contributed by atoms with Gasteiger partial charge in [0, 0.05) is 66.2 Å². The molecule has 0 spiro atoms. The molecule has 0 saturated carbocycles. The summed E-state index contributed by atoms with van der Waals surface area (Å²) in [5.74, 6) is 1.59. The molecule has 0 unspecified atom stereocenters. The number of aromatic amines is 1. The Bertz CT molecular complexity index is 1160. The third kappa shape index (κ3) is 3.79. The third-order valence-electron chi connectivity index (χ3n) is 6.67. The molecule has 32 heavy (non-hydrogen) atoms. The van der Waals surface area contributed by atoms with Gasteiger partial charge in [0.25, 0.3) is 0 Å². The van der Waals surface area contributed by atoms with Gasteiger partial charge in [0.15, 0.2) is 0 Å². The van der Waals surface area contributed by atoms with Crippen LogP contribution in [-0.2, 0) is 9.59 Å². The average molecular weight is 449 g/mol. The van der Waals surface area contributed by atoms with E-state index >= 15 is 0 Å². The van der Waals surface area contributed by atoms with Gasteiger partial charge in [-0.1, -0.05) is 11.6 Å². The number of nitrogens with one attached hydrogen (secondary N) is 1. The zero-order valence-corrected chi connectivity index (χ0v) is 19.3. The summed E-state index contributed by atoms with van der Waals surface area (Å²) in [6.07, 6.45) is 5.65. The van der Waals surface area contributed by atoms with Crippen LogP contribution in [0.15, 0.2) is 42.7 Å². The molecular weight excluding hydrogens is 420 g/mol. The van der Waals surface area contributed by atoms with Crippen LogP contribution in [-0.4, -0.2) is 62.3 Å². The summed E-state index contributed by atoms with van der Waals surface area (Å²) < 4.78 is 0. The fourth-order valence-electron chi connectivity index (χ4n) is 5.04. The zero-order chi connectivity index (χ0) is 22.2. The van der Waals surface area contributed by atoms with E-state index < -0.39 is 0 Å². The van der Waals surface area contributed by atoms with Gasteiger partial charge < -0.3 is 14.8 Å². The number of benzene rings is 1. The molecule has 6 nitrogen and oxygen atoms in total. The van der Waals surface area contributed by atoms with Crippen LogP contribution in [0.3, 0.4) is 0 Å². The number of piperidine rings is 1. The smallest absolute Gasteiger partial charge is 0.246 e. The van der Waals surface area contributed by atoms with E-state index in [2.05, 4.69) is 47.2 Å². The van der Waals surface area contributed by atoms with Gasteiger partial charge in [0.2, 0.25) is 11.8 Å². The lowest BCUT2D eigenvalue weighted by Crippen LogP contribution is -2.50. The maximum atomic E-state index is 13.4. The van der Waals surface area contributed by atoms with Crippen LogP contribution in [0.4, 0.5) is 0 Å². The van der Waals surface area contributed by atoms with Crippen LogP contribution >= 0.6 is 11.8 Å². The summed E-state index contributed by atoms with van der Waals surface area (Å²) in [4.78, 5) is 36.9. The molecule has 0 aliphatic carbocycles.